The molecule has 7 atom stereocenters. The molecule has 4 fully saturated rings. The fourth-order valence-corrected chi connectivity index (χ4v) is 9.50. The number of thioether (sulfide) groups is 1. The molecule has 0 aromatic heterocycles. The van der Waals surface area contributed by atoms with Gasteiger partial charge in [0.2, 0.25) is 11.8 Å². The van der Waals surface area contributed by atoms with E-state index in [1.165, 1.54) is 22.2 Å². The number of methoxy groups -OCH3 is 1. The highest BCUT2D eigenvalue weighted by molar-refractivity contribution is 7.99. The lowest BCUT2D eigenvalue weighted by molar-refractivity contribution is -0.125. The maximum absolute atomic E-state index is 13.2. The summed E-state index contributed by atoms with van der Waals surface area (Å²) < 4.78 is 29.7. The number of likely N-dealkylation sites (tertiary alicyclic amines) is 1. The molecule has 0 bridgehead atoms. The summed E-state index contributed by atoms with van der Waals surface area (Å²) in [7, 11) is 1.61. The number of ether oxygens (including phenoxy) is 5. The largest absolute Gasteiger partial charge is 0.448 e. The van der Waals surface area contributed by atoms with Crippen LogP contribution in [-0.4, -0.2) is 109 Å². The Balaban J connectivity index is 0.819. The Morgan fingerprint density at radius 2 is 1.74 bits per heavy atom. The van der Waals surface area contributed by atoms with Crippen molar-refractivity contribution in [3.8, 4) is 11.1 Å². The highest BCUT2D eigenvalue weighted by Crippen LogP contribution is 2.59. The highest BCUT2D eigenvalue weighted by atomic mass is 32.2. The molecular formula is C41H51N3O9S. The van der Waals surface area contributed by atoms with Gasteiger partial charge in [-0.05, 0) is 75.1 Å². The number of imide groups is 1. The zero-order valence-electron chi connectivity index (χ0n) is 31.5. The van der Waals surface area contributed by atoms with Gasteiger partial charge in [-0.15, -0.1) is 0 Å². The standard InChI is InChI=1S/C41H51N3O9S/c1-25(2)15-16-33-40(3,53-33)36-35(49-4)32(17-18-41(36)24-51-41)52-38(47)43-34(45)23-54-21-19-42-37(46)31-14-9-20-44(31)39(48)50-22-30-28-12-7-5-10-26(28)27-11-6-8-13-29(27)30/h5-8,10-13,15,30-33,35-36H,9,14,16-24H2,1-4H3,(H,42,46)(H,43,45,47)/t31?,32-,33-,35-,36-,40-,41+/m1/s1. The summed E-state index contributed by atoms with van der Waals surface area (Å²) in [5.41, 5.74) is 5.00. The predicted octanol–water partition coefficient (Wildman–Crippen LogP) is 5.58. The maximum atomic E-state index is 13.2. The number of carbonyl (C=O) groups excluding carboxylic acids is 4. The van der Waals surface area contributed by atoms with E-state index in [0.29, 0.717) is 51.1 Å². The first-order chi connectivity index (χ1) is 26.0. The predicted molar refractivity (Wildman–Crippen MR) is 203 cm³/mol. The smallest absolute Gasteiger partial charge is 0.414 e. The van der Waals surface area contributed by atoms with Crippen LogP contribution < -0.4 is 10.6 Å². The average molecular weight is 762 g/mol. The number of nitrogens with zero attached hydrogens (tertiary/aromatic N) is 1. The van der Waals surface area contributed by atoms with Gasteiger partial charge in [-0.25, -0.2) is 9.59 Å². The third-order valence-electron chi connectivity index (χ3n) is 11.6. The van der Waals surface area contributed by atoms with E-state index < -0.39 is 41.9 Å². The first kappa shape index (κ1) is 38.4. The van der Waals surface area contributed by atoms with Crippen LogP contribution in [0.15, 0.2) is 60.2 Å². The van der Waals surface area contributed by atoms with Crippen molar-refractivity contribution in [2.75, 3.05) is 44.9 Å². The molecule has 3 heterocycles. The molecule has 1 spiro atoms. The third kappa shape index (κ3) is 7.91. The number of alkyl carbamates (subject to hydrolysis) is 1. The van der Waals surface area contributed by atoms with Gasteiger partial charge in [-0.1, -0.05) is 60.2 Å². The molecule has 54 heavy (non-hydrogen) atoms. The summed E-state index contributed by atoms with van der Waals surface area (Å²) in [6.45, 7) is 7.77. The van der Waals surface area contributed by atoms with Crippen molar-refractivity contribution in [1.29, 1.82) is 0 Å². The molecule has 3 saturated heterocycles. The van der Waals surface area contributed by atoms with Gasteiger partial charge in [0.25, 0.3) is 0 Å². The Morgan fingerprint density at radius 3 is 2.41 bits per heavy atom. The van der Waals surface area contributed by atoms with Gasteiger partial charge < -0.3 is 29.0 Å². The number of amides is 4. The van der Waals surface area contributed by atoms with Crippen molar-refractivity contribution in [2.24, 2.45) is 5.92 Å². The highest BCUT2D eigenvalue weighted by Gasteiger charge is 2.72. The molecule has 2 N–H and O–H groups in total. The second-order valence-corrected chi connectivity index (χ2v) is 16.5. The van der Waals surface area contributed by atoms with E-state index in [9.17, 15) is 19.2 Å². The molecule has 1 unspecified atom stereocenters. The van der Waals surface area contributed by atoms with Crippen LogP contribution in [0.5, 0.6) is 0 Å². The van der Waals surface area contributed by atoms with E-state index in [2.05, 4.69) is 61.7 Å². The summed E-state index contributed by atoms with van der Waals surface area (Å²) in [6, 6.07) is 15.7. The molecule has 13 heteroatoms. The molecular weight excluding hydrogens is 711 g/mol. The number of rotatable bonds is 13. The van der Waals surface area contributed by atoms with Gasteiger partial charge in [0, 0.05) is 31.9 Å². The lowest BCUT2D eigenvalue weighted by atomic mass is 9.68. The lowest BCUT2D eigenvalue weighted by Crippen LogP contribution is -2.56. The number of benzene rings is 2. The first-order valence-corrected chi connectivity index (χ1v) is 20.2. The van der Waals surface area contributed by atoms with Crippen LogP contribution in [0.2, 0.25) is 0 Å². The number of epoxide rings is 2. The van der Waals surface area contributed by atoms with Crippen LogP contribution in [0.25, 0.3) is 11.1 Å². The Kier molecular flexibility index (Phi) is 11.4. The number of hydrogen-bond acceptors (Lipinski definition) is 10. The van der Waals surface area contributed by atoms with Crippen molar-refractivity contribution in [1.82, 2.24) is 15.5 Å². The van der Waals surface area contributed by atoms with Gasteiger partial charge >= 0.3 is 12.2 Å². The molecule has 290 valence electrons. The summed E-state index contributed by atoms with van der Waals surface area (Å²) >= 11 is 1.28. The van der Waals surface area contributed by atoms with Crippen LogP contribution in [0.3, 0.4) is 0 Å². The molecule has 3 aliphatic heterocycles. The molecule has 5 aliphatic rings. The van der Waals surface area contributed by atoms with Crippen LogP contribution in [0.4, 0.5) is 9.59 Å². The number of allylic oxidation sites excluding steroid dienone is 1. The minimum absolute atomic E-state index is 0.0101. The zero-order valence-corrected chi connectivity index (χ0v) is 32.3. The van der Waals surface area contributed by atoms with E-state index in [4.69, 9.17) is 23.7 Å². The van der Waals surface area contributed by atoms with Crippen molar-refractivity contribution in [2.45, 2.75) is 94.3 Å². The Hall–Kier alpha value is -3.91. The zero-order chi connectivity index (χ0) is 38.0. The maximum Gasteiger partial charge on any atom is 0.414 e. The van der Waals surface area contributed by atoms with Crippen molar-refractivity contribution in [3.63, 3.8) is 0 Å². The minimum Gasteiger partial charge on any atom is -0.448 e. The van der Waals surface area contributed by atoms with E-state index in [1.54, 1.807) is 7.11 Å². The second kappa shape index (κ2) is 16.1. The fourth-order valence-electron chi connectivity index (χ4n) is 8.85. The van der Waals surface area contributed by atoms with Crippen molar-refractivity contribution < 1.29 is 42.9 Å². The second-order valence-electron chi connectivity index (χ2n) is 15.4. The summed E-state index contributed by atoms with van der Waals surface area (Å²) in [4.78, 5) is 53.3. The number of fused-ring (bicyclic) bond motifs is 3. The lowest BCUT2D eigenvalue weighted by Gasteiger charge is -2.42. The quantitative estimate of drug-likeness (QED) is 0.151. The summed E-state index contributed by atoms with van der Waals surface area (Å²) in [5, 5.41) is 5.22. The average Bonchev–Trinajstić information content (AvgIpc) is 3.95. The van der Waals surface area contributed by atoms with E-state index >= 15 is 0 Å². The van der Waals surface area contributed by atoms with Crippen LogP contribution in [-0.2, 0) is 33.3 Å². The fraction of sp³-hybridized carbons (Fsp3) is 0.561. The molecule has 1 saturated carbocycles. The van der Waals surface area contributed by atoms with Crippen molar-refractivity contribution >= 4 is 35.8 Å². The molecule has 4 amide bonds. The Morgan fingerprint density at radius 1 is 1.04 bits per heavy atom. The Bertz CT molecular complexity index is 1730. The van der Waals surface area contributed by atoms with Crippen LogP contribution in [0, 0.1) is 5.92 Å². The van der Waals surface area contributed by atoms with Gasteiger partial charge in [-0.3, -0.25) is 19.8 Å². The molecule has 7 rings (SSSR count). The summed E-state index contributed by atoms with van der Waals surface area (Å²) in [5.74, 6) is -0.465. The van der Waals surface area contributed by atoms with E-state index in [0.717, 1.165) is 28.7 Å². The normalized spacial score (nSPS) is 29.2. The van der Waals surface area contributed by atoms with E-state index in [1.807, 2.05) is 24.3 Å². The van der Waals surface area contributed by atoms with Crippen LogP contribution in [0.1, 0.15) is 69.9 Å². The van der Waals surface area contributed by atoms with Crippen molar-refractivity contribution in [3.05, 3.63) is 71.3 Å². The minimum atomic E-state index is -0.815. The molecule has 0 radical (unpaired) electrons. The molecule has 2 aromatic rings. The number of nitrogens with one attached hydrogen (secondary N) is 2. The Labute approximate surface area is 321 Å². The van der Waals surface area contributed by atoms with E-state index in [-0.39, 0.29) is 41.8 Å². The number of carbonyl (C=O) groups is 4. The molecule has 12 nitrogen and oxygen atoms in total. The topological polar surface area (TPSA) is 148 Å². The molecule has 2 aromatic carbocycles. The van der Waals surface area contributed by atoms with Gasteiger partial charge in [0.1, 0.15) is 36.1 Å². The number of hydrogen-bond donors (Lipinski definition) is 2. The first-order valence-electron chi connectivity index (χ1n) is 19.0. The molecule has 2 aliphatic carbocycles. The monoisotopic (exact) mass is 761 g/mol. The van der Waals surface area contributed by atoms with Gasteiger partial charge in [-0.2, -0.15) is 11.8 Å². The van der Waals surface area contributed by atoms with Gasteiger partial charge in [0.15, 0.2) is 0 Å². The summed E-state index contributed by atoms with van der Waals surface area (Å²) in [6.07, 6.45) is 3.21. The third-order valence-corrected chi connectivity index (χ3v) is 12.6. The van der Waals surface area contributed by atoms with Crippen LogP contribution >= 0.6 is 11.8 Å². The van der Waals surface area contributed by atoms with Gasteiger partial charge in [0.05, 0.1) is 24.4 Å². The SMILES string of the molecule is CO[C@@H]1[C@H](OC(=O)NC(=O)CSCCNC(=O)C2CCCN2C(=O)OCC2c3ccccc3-c3ccccc32)CC[C@]2(CO2)[C@H]1[C@]1(C)O[C@@H]1CC=C(C)C.